The SMILES string of the molecule is CC1Cc2ccccc2N1S(=O)(=O)NCCN. The summed E-state index contributed by atoms with van der Waals surface area (Å²) in [6, 6.07) is 7.52. The first-order valence-electron chi connectivity index (χ1n) is 5.63. The zero-order chi connectivity index (χ0) is 12.5. The van der Waals surface area contributed by atoms with Gasteiger partial charge >= 0.3 is 10.2 Å². The van der Waals surface area contributed by atoms with E-state index in [-0.39, 0.29) is 12.6 Å². The molecule has 5 nitrogen and oxygen atoms in total. The molecule has 94 valence electrons. The topological polar surface area (TPSA) is 75.4 Å². The molecular weight excluding hydrogens is 238 g/mol. The third-order valence-electron chi connectivity index (χ3n) is 2.83. The van der Waals surface area contributed by atoms with Crippen LogP contribution in [0.5, 0.6) is 0 Å². The van der Waals surface area contributed by atoms with E-state index in [0.29, 0.717) is 6.54 Å². The van der Waals surface area contributed by atoms with E-state index in [9.17, 15) is 8.42 Å². The van der Waals surface area contributed by atoms with Gasteiger partial charge in [-0.25, -0.2) is 0 Å². The zero-order valence-electron chi connectivity index (χ0n) is 9.76. The molecule has 0 saturated heterocycles. The molecule has 0 aliphatic carbocycles. The van der Waals surface area contributed by atoms with Crippen LogP contribution in [0.25, 0.3) is 0 Å². The smallest absolute Gasteiger partial charge is 0.301 e. The first-order chi connectivity index (χ1) is 8.06. The number of para-hydroxylation sites is 1. The van der Waals surface area contributed by atoms with Gasteiger partial charge in [0, 0.05) is 19.1 Å². The Kier molecular flexibility index (Phi) is 3.37. The lowest BCUT2D eigenvalue weighted by molar-refractivity contribution is 0.570. The van der Waals surface area contributed by atoms with Crippen molar-refractivity contribution in [2.45, 2.75) is 19.4 Å². The van der Waals surface area contributed by atoms with Crippen LogP contribution >= 0.6 is 0 Å². The summed E-state index contributed by atoms with van der Waals surface area (Å²) in [5.41, 5.74) is 7.15. The fourth-order valence-electron chi connectivity index (χ4n) is 2.16. The van der Waals surface area contributed by atoms with Crippen molar-refractivity contribution in [2.75, 3.05) is 17.4 Å². The quantitative estimate of drug-likeness (QED) is 0.808. The molecule has 0 saturated carbocycles. The number of rotatable bonds is 4. The Morgan fingerprint density at radius 1 is 1.47 bits per heavy atom. The Morgan fingerprint density at radius 2 is 2.18 bits per heavy atom. The van der Waals surface area contributed by atoms with E-state index in [1.807, 2.05) is 31.2 Å². The minimum atomic E-state index is -3.48. The number of nitrogens with two attached hydrogens (primary N) is 1. The summed E-state index contributed by atoms with van der Waals surface area (Å²) < 4.78 is 28.2. The van der Waals surface area contributed by atoms with E-state index in [4.69, 9.17) is 5.73 Å². The minimum Gasteiger partial charge on any atom is -0.329 e. The molecule has 1 aromatic rings. The first-order valence-corrected chi connectivity index (χ1v) is 7.07. The molecule has 1 aliphatic rings. The average molecular weight is 255 g/mol. The van der Waals surface area contributed by atoms with E-state index < -0.39 is 10.2 Å². The maximum absolute atomic E-state index is 12.1. The Bertz CT molecular complexity index is 501. The van der Waals surface area contributed by atoms with Gasteiger partial charge in [0.25, 0.3) is 0 Å². The van der Waals surface area contributed by atoms with Gasteiger partial charge in [0.1, 0.15) is 0 Å². The molecule has 17 heavy (non-hydrogen) atoms. The van der Waals surface area contributed by atoms with Gasteiger partial charge < -0.3 is 5.73 Å². The molecular formula is C11H17N3O2S. The highest BCUT2D eigenvalue weighted by Gasteiger charge is 2.34. The number of benzene rings is 1. The van der Waals surface area contributed by atoms with Crippen LogP contribution in [0.15, 0.2) is 24.3 Å². The Hall–Kier alpha value is -1.11. The molecule has 2 rings (SSSR count). The lowest BCUT2D eigenvalue weighted by Gasteiger charge is -2.24. The Balaban J connectivity index is 2.33. The summed E-state index contributed by atoms with van der Waals surface area (Å²) in [6.07, 6.45) is 0.750. The van der Waals surface area contributed by atoms with Crippen molar-refractivity contribution < 1.29 is 8.42 Å². The van der Waals surface area contributed by atoms with Crippen LogP contribution in [0, 0.1) is 0 Å². The number of hydrogen-bond acceptors (Lipinski definition) is 3. The Morgan fingerprint density at radius 3 is 2.88 bits per heavy atom. The molecule has 0 bridgehead atoms. The number of fused-ring (bicyclic) bond motifs is 1. The van der Waals surface area contributed by atoms with Crippen LogP contribution < -0.4 is 14.8 Å². The van der Waals surface area contributed by atoms with Gasteiger partial charge in [-0.3, -0.25) is 4.31 Å². The highest BCUT2D eigenvalue weighted by atomic mass is 32.2. The highest BCUT2D eigenvalue weighted by molar-refractivity contribution is 7.90. The summed E-state index contributed by atoms with van der Waals surface area (Å²) >= 11 is 0. The van der Waals surface area contributed by atoms with Gasteiger partial charge in [-0.05, 0) is 25.0 Å². The van der Waals surface area contributed by atoms with Crippen LogP contribution in [0.3, 0.4) is 0 Å². The second-order valence-corrected chi connectivity index (χ2v) is 5.80. The van der Waals surface area contributed by atoms with Crippen LogP contribution in [-0.4, -0.2) is 27.5 Å². The summed E-state index contributed by atoms with van der Waals surface area (Å²) in [4.78, 5) is 0. The third-order valence-corrected chi connectivity index (χ3v) is 4.48. The van der Waals surface area contributed by atoms with Crippen molar-refractivity contribution in [3.8, 4) is 0 Å². The molecule has 1 atom stereocenters. The number of hydrogen-bond donors (Lipinski definition) is 2. The van der Waals surface area contributed by atoms with Crippen LogP contribution in [0.2, 0.25) is 0 Å². The third kappa shape index (κ3) is 2.29. The molecule has 0 aromatic heterocycles. The lowest BCUT2D eigenvalue weighted by Crippen LogP contribution is -2.45. The van der Waals surface area contributed by atoms with Crippen molar-refractivity contribution in [2.24, 2.45) is 5.73 Å². The van der Waals surface area contributed by atoms with Crippen molar-refractivity contribution in [1.82, 2.24) is 4.72 Å². The van der Waals surface area contributed by atoms with Crippen molar-refractivity contribution in [3.63, 3.8) is 0 Å². The molecule has 1 heterocycles. The van der Waals surface area contributed by atoms with Gasteiger partial charge in [-0.1, -0.05) is 18.2 Å². The number of anilines is 1. The summed E-state index contributed by atoms with van der Waals surface area (Å²) in [5.74, 6) is 0. The number of nitrogens with one attached hydrogen (secondary N) is 1. The van der Waals surface area contributed by atoms with E-state index in [1.165, 1.54) is 4.31 Å². The Labute approximate surface area is 102 Å². The highest BCUT2D eigenvalue weighted by Crippen LogP contribution is 2.33. The van der Waals surface area contributed by atoms with E-state index >= 15 is 0 Å². The van der Waals surface area contributed by atoms with Gasteiger partial charge in [0.15, 0.2) is 0 Å². The van der Waals surface area contributed by atoms with Crippen LogP contribution in [-0.2, 0) is 16.6 Å². The normalized spacial score (nSPS) is 19.4. The average Bonchev–Trinajstić information content (AvgIpc) is 2.63. The molecule has 1 aliphatic heterocycles. The summed E-state index contributed by atoms with van der Waals surface area (Å²) in [6.45, 7) is 2.46. The van der Waals surface area contributed by atoms with E-state index in [1.54, 1.807) is 0 Å². The lowest BCUT2D eigenvalue weighted by atomic mass is 10.1. The molecule has 0 amide bonds. The molecule has 3 N–H and O–H groups in total. The van der Waals surface area contributed by atoms with Gasteiger partial charge in [-0.2, -0.15) is 13.1 Å². The minimum absolute atomic E-state index is 0.0531. The predicted molar refractivity (Wildman–Crippen MR) is 68.1 cm³/mol. The molecule has 1 unspecified atom stereocenters. The fourth-order valence-corrected chi connectivity index (χ4v) is 3.66. The van der Waals surface area contributed by atoms with Crippen LogP contribution in [0.4, 0.5) is 5.69 Å². The zero-order valence-corrected chi connectivity index (χ0v) is 10.6. The fraction of sp³-hybridized carbons (Fsp3) is 0.455. The summed E-state index contributed by atoms with van der Waals surface area (Å²) in [7, 11) is -3.48. The second-order valence-electron chi connectivity index (χ2n) is 4.17. The van der Waals surface area contributed by atoms with Crippen molar-refractivity contribution >= 4 is 15.9 Å². The van der Waals surface area contributed by atoms with Gasteiger partial charge in [-0.15, -0.1) is 0 Å². The van der Waals surface area contributed by atoms with E-state index in [0.717, 1.165) is 17.7 Å². The van der Waals surface area contributed by atoms with Crippen molar-refractivity contribution in [3.05, 3.63) is 29.8 Å². The van der Waals surface area contributed by atoms with Gasteiger partial charge in [0.2, 0.25) is 0 Å². The maximum Gasteiger partial charge on any atom is 0.301 e. The van der Waals surface area contributed by atoms with Gasteiger partial charge in [0.05, 0.1) is 5.69 Å². The number of nitrogens with zero attached hydrogens (tertiary/aromatic N) is 1. The molecule has 1 aromatic carbocycles. The standard InChI is InChI=1S/C11H17N3O2S/c1-9-8-10-4-2-3-5-11(10)14(9)17(15,16)13-7-6-12/h2-5,9,13H,6-8,12H2,1H3. The largest absolute Gasteiger partial charge is 0.329 e. The van der Waals surface area contributed by atoms with Crippen molar-refractivity contribution in [1.29, 1.82) is 0 Å². The van der Waals surface area contributed by atoms with Crippen LogP contribution in [0.1, 0.15) is 12.5 Å². The molecule has 0 fully saturated rings. The predicted octanol–water partition coefficient (Wildman–Crippen LogP) is 0.231. The monoisotopic (exact) mass is 255 g/mol. The first kappa shape index (κ1) is 12.3. The molecule has 6 heteroatoms. The summed E-state index contributed by atoms with van der Waals surface area (Å²) in [5, 5.41) is 0. The maximum atomic E-state index is 12.1. The molecule has 0 radical (unpaired) electrons. The second kappa shape index (κ2) is 4.64. The molecule has 0 spiro atoms. The van der Waals surface area contributed by atoms with E-state index in [2.05, 4.69) is 4.72 Å².